The highest BCUT2D eigenvalue weighted by Crippen LogP contribution is 2.44. The number of carbonyl (C=O) groups excluding carboxylic acids is 2. The summed E-state index contributed by atoms with van der Waals surface area (Å²) in [4.78, 5) is 30.4. The van der Waals surface area contributed by atoms with Crippen molar-refractivity contribution in [2.75, 3.05) is 25.0 Å². The molecule has 1 aromatic heterocycles. The summed E-state index contributed by atoms with van der Waals surface area (Å²) in [5, 5.41) is 24.0. The first-order chi connectivity index (χ1) is 20.7. The van der Waals surface area contributed by atoms with Crippen LogP contribution >= 0.6 is 0 Å². The molecular weight excluding hydrogens is 612 g/mol. The topological polar surface area (TPSA) is 188 Å². The predicted molar refractivity (Wildman–Crippen MR) is 146 cm³/mol. The van der Waals surface area contributed by atoms with E-state index in [9.17, 15) is 40.7 Å². The molecule has 3 aromatic rings. The summed E-state index contributed by atoms with van der Waals surface area (Å²) in [6.07, 6.45) is -6.21. The standard InChI is InChI=1S/C26H26F4N8O5S/c27-19-4-2-1-3-17(19)23(40)38-25(33-11-14-5-7-15(8-6-14)21(31)32)34-22(35-38)18-13-37(24(41)20(18)26(28,29)30)44(42,43)36-10-9-16(39)12-36/h1-8,16,18,20,39H,9-13H2,(H3,31,32)(H,33,34,35). The summed E-state index contributed by atoms with van der Waals surface area (Å²) < 4.78 is 85.0. The third kappa shape index (κ3) is 5.87. The molecular formula is C26H26F4N8O5S. The quantitative estimate of drug-likeness (QED) is 0.161. The minimum absolute atomic E-state index is 0.0457. The molecule has 2 saturated heterocycles. The maximum Gasteiger partial charge on any atom is 0.401 e. The number of aromatic nitrogens is 3. The van der Waals surface area contributed by atoms with Crippen LogP contribution in [0.4, 0.5) is 23.5 Å². The SMILES string of the molecule is N=C(N)c1ccc(CNc2nc(C3CN(S(=O)(=O)N4CCC(O)C4)C(=O)C3C(F)(F)F)nn2C(=O)c2ccccc2F)cc1. The van der Waals surface area contributed by atoms with Crippen LogP contribution in [0.1, 0.15) is 39.6 Å². The van der Waals surface area contributed by atoms with E-state index in [2.05, 4.69) is 15.4 Å². The molecule has 2 aromatic carbocycles. The van der Waals surface area contributed by atoms with Crippen molar-refractivity contribution < 1.29 is 40.7 Å². The van der Waals surface area contributed by atoms with Crippen molar-refractivity contribution in [2.24, 2.45) is 11.7 Å². The summed E-state index contributed by atoms with van der Waals surface area (Å²) in [5.74, 6) is -9.81. The number of carbonyl (C=O) groups is 2. The number of aliphatic hydroxyl groups excluding tert-OH is 1. The van der Waals surface area contributed by atoms with Gasteiger partial charge in [0, 0.05) is 31.7 Å². The van der Waals surface area contributed by atoms with Crippen molar-refractivity contribution in [3.8, 4) is 0 Å². The molecule has 44 heavy (non-hydrogen) atoms. The number of halogens is 4. The van der Waals surface area contributed by atoms with E-state index in [-0.39, 0.29) is 42.1 Å². The summed E-state index contributed by atoms with van der Waals surface area (Å²) in [6, 6.07) is 11.1. The molecule has 0 spiro atoms. The Balaban J connectivity index is 1.53. The number of benzene rings is 2. The highest BCUT2D eigenvalue weighted by atomic mass is 32.2. The molecule has 18 heteroatoms. The van der Waals surface area contributed by atoms with Crippen molar-refractivity contribution in [1.29, 1.82) is 5.41 Å². The van der Waals surface area contributed by atoms with Gasteiger partial charge in [0.15, 0.2) is 5.82 Å². The monoisotopic (exact) mass is 638 g/mol. The molecule has 234 valence electrons. The molecule has 3 atom stereocenters. The zero-order valence-electron chi connectivity index (χ0n) is 22.7. The third-order valence-corrected chi connectivity index (χ3v) is 9.20. The van der Waals surface area contributed by atoms with E-state index < -0.39 is 69.9 Å². The Kier molecular flexibility index (Phi) is 8.17. The van der Waals surface area contributed by atoms with Crippen molar-refractivity contribution in [2.45, 2.75) is 31.2 Å². The van der Waals surface area contributed by atoms with E-state index in [0.29, 0.717) is 15.8 Å². The minimum atomic E-state index is -5.22. The smallest absolute Gasteiger partial charge is 0.392 e. The molecule has 3 heterocycles. The number of nitrogen functional groups attached to an aromatic ring is 1. The first-order valence-corrected chi connectivity index (χ1v) is 14.6. The number of nitrogens with two attached hydrogens (primary N) is 1. The molecule has 5 rings (SSSR count). The van der Waals surface area contributed by atoms with E-state index in [0.717, 1.165) is 16.4 Å². The van der Waals surface area contributed by atoms with Gasteiger partial charge in [0.05, 0.1) is 17.6 Å². The normalized spacial score (nSPS) is 21.2. The molecule has 2 aliphatic rings. The second-order valence-electron chi connectivity index (χ2n) is 10.3. The summed E-state index contributed by atoms with van der Waals surface area (Å²) in [6.45, 7) is -1.62. The zero-order valence-corrected chi connectivity index (χ0v) is 23.5. The van der Waals surface area contributed by atoms with E-state index in [1.165, 1.54) is 12.1 Å². The van der Waals surface area contributed by atoms with E-state index in [1.807, 2.05) is 0 Å². The first-order valence-electron chi connectivity index (χ1n) is 13.2. The van der Waals surface area contributed by atoms with Crippen LogP contribution in [-0.4, -0.2) is 86.5 Å². The van der Waals surface area contributed by atoms with Gasteiger partial charge in [0.2, 0.25) is 11.9 Å². The number of amides is 1. The van der Waals surface area contributed by atoms with Crippen LogP contribution in [0.15, 0.2) is 48.5 Å². The first kappa shape index (κ1) is 31.0. The number of nitrogens with zero attached hydrogens (tertiary/aromatic N) is 5. The number of hydrogen-bond acceptors (Lipinski definition) is 9. The predicted octanol–water partition coefficient (Wildman–Crippen LogP) is 1.42. The lowest BCUT2D eigenvalue weighted by molar-refractivity contribution is -0.182. The van der Waals surface area contributed by atoms with Crippen LogP contribution < -0.4 is 11.1 Å². The number of amidine groups is 1. The zero-order chi connectivity index (χ0) is 32.0. The van der Waals surface area contributed by atoms with E-state index >= 15 is 0 Å². The number of β-amino-alcohol motifs (C(OH)–C–C–N with tert-alkyl or cyclic N) is 1. The molecule has 0 bridgehead atoms. The van der Waals surface area contributed by atoms with Crippen molar-refractivity contribution >= 4 is 33.8 Å². The lowest BCUT2D eigenvalue weighted by atomic mass is 9.94. The molecule has 0 saturated carbocycles. The second-order valence-corrected chi connectivity index (χ2v) is 12.1. The lowest BCUT2D eigenvalue weighted by Gasteiger charge is -2.23. The number of hydrogen-bond donors (Lipinski definition) is 4. The fourth-order valence-electron chi connectivity index (χ4n) is 5.04. The summed E-state index contributed by atoms with van der Waals surface area (Å²) in [7, 11) is -4.74. The van der Waals surface area contributed by atoms with E-state index in [1.54, 1.807) is 24.3 Å². The van der Waals surface area contributed by atoms with Crippen LogP contribution in [0.5, 0.6) is 0 Å². The van der Waals surface area contributed by atoms with Crippen LogP contribution in [0.25, 0.3) is 0 Å². The van der Waals surface area contributed by atoms with Gasteiger partial charge in [-0.25, -0.2) is 8.70 Å². The Labute approximate surface area is 248 Å². The van der Waals surface area contributed by atoms with Gasteiger partial charge in [-0.3, -0.25) is 15.0 Å². The number of rotatable bonds is 8. The number of alkyl halides is 3. The molecule has 0 radical (unpaired) electrons. The van der Waals surface area contributed by atoms with Crippen molar-refractivity contribution in [3.05, 3.63) is 76.9 Å². The molecule has 3 unspecified atom stereocenters. The highest BCUT2D eigenvalue weighted by Gasteiger charge is 2.60. The molecule has 2 aliphatic heterocycles. The Bertz CT molecular complexity index is 1710. The fourth-order valence-corrected chi connectivity index (χ4v) is 6.71. The van der Waals surface area contributed by atoms with Crippen LogP contribution in [0.2, 0.25) is 0 Å². The summed E-state index contributed by atoms with van der Waals surface area (Å²) in [5.41, 5.74) is 6.01. The lowest BCUT2D eigenvalue weighted by Crippen LogP contribution is -2.45. The van der Waals surface area contributed by atoms with Crippen LogP contribution in [0.3, 0.4) is 0 Å². The van der Waals surface area contributed by atoms with Gasteiger partial charge in [0.1, 0.15) is 17.6 Å². The molecule has 13 nitrogen and oxygen atoms in total. The Morgan fingerprint density at radius 2 is 1.82 bits per heavy atom. The molecule has 0 aliphatic carbocycles. The molecule has 1 amide bonds. The van der Waals surface area contributed by atoms with Gasteiger partial charge in [-0.2, -0.15) is 35.6 Å². The fraction of sp³-hybridized carbons (Fsp3) is 0.346. The van der Waals surface area contributed by atoms with Gasteiger partial charge >= 0.3 is 16.4 Å². The van der Waals surface area contributed by atoms with Gasteiger partial charge in [-0.05, 0) is 24.1 Å². The van der Waals surface area contributed by atoms with Gasteiger partial charge in [-0.1, -0.05) is 36.4 Å². The summed E-state index contributed by atoms with van der Waals surface area (Å²) >= 11 is 0. The maximum absolute atomic E-state index is 14.5. The minimum Gasteiger partial charge on any atom is -0.392 e. The molecule has 2 fully saturated rings. The Morgan fingerprint density at radius 1 is 1.14 bits per heavy atom. The van der Waals surface area contributed by atoms with Gasteiger partial charge < -0.3 is 16.2 Å². The van der Waals surface area contributed by atoms with Crippen molar-refractivity contribution in [3.63, 3.8) is 0 Å². The van der Waals surface area contributed by atoms with Crippen LogP contribution in [0, 0.1) is 17.1 Å². The molecule has 5 N–H and O–H groups in total. The Hall–Kier alpha value is -4.42. The Morgan fingerprint density at radius 3 is 2.41 bits per heavy atom. The number of aliphatic hydroxyl groups is 1. The number of nitrogens with one attached hydrogen (secondary N) is 2. The van der Waals surface area contributed by atoms with Gasteiger partial charge in [0.25, 0.3) is 5.91 Å². The van der Waals surface area contributed by atoms with Crippen molar-refractivity contribution in [1.82, 2.24) is 23.4 Å². The van der Waals surface area contributed by atoms with Crippen LogP contribution in [-0.2, 0) is 21.5 Å². The second kappa shape index (κ2) is 11.6. The van der Waals surface area contributed by atoms with Gasteiger partial charge in [-0.15, -0.1) is 5.10 Å². The van der Waals surface area contributed by atoms with E-state index in [4.69, 9.17) is 11.1 Å². The average Bonchev–Trinajstić information content (AvgIpc) is 3.69. The maximum atomic E-state index is 14.5. The number of anilines is 1. The highest BCUT2D eigenvalue weighted by molar-refractivity contribution is 7.87. The third-order valence-electron chi connectivity index (χ3n) is 7.33. The largest absolute Gasteiger partial charge is 0.401 e. The average molecular weight is 639 g/mol.